The van der Waals surface area contributed by atoms with Crippen LogP contribution in [0.3, 0.4) is 0 Å². The van der Waals surface area contributed by atoms with E-state index in [1.165, 1.54) is 35.6 Å². The van der Waals surface area contributed by atoms with Gasteiger partial charge < -0.3 is 4.74 Å². The molecular weight excluding hydrogens is 351 g/mol. The van der Waals surface area contributed by atoms with Crippen molar-refractivity contribution in [2.24, 2.45) is 0 Å². The van der Waals surface area contributed by atoms with Gasteiger partial charge in [0.15, 0.2) is 5.13 Å². The van der Waals surface area contributed by atoms with E-state index in [-0.39, 0.29) is 11.7 Å². The van der Waals surface area contributed by atoms with Crippen LogP contribution in [0.4, 0.5) is 9.52 Å². The highest BCUT2D eigenvalue weighted by Gasteiger charge is 2.11. The summed E-state index contributed by atoms with van der Waals surface area (Å²) in [6.45, 7) is 0. The third-order valence-corrected chi connectivity index (χ3v) is 4.60. The van der Waals surface area contributed by atoms with Gasteiger partial charge in [-0.05, 0) is 48.5 Å². The predicted octanol–water partition coefficient (Wildman–Crippen LogP) is 5.48. The first-order chi connectivity index (χ1) is 12.7. The Labute approximate surface area is 152 Å². The molecule has 0 saturated carbocycles. The van der Waals surface area contributed by atoms with Crippen LogP contribution in [-0.4, -0.2) is 10.9 Å². The summed E-state index contributed by atoms with van der Waals surface area (Å²) >= 11 is 1.35. The summed E-state index contributed by atoms with van der Waals surface area (Å²) in [6, 6.07) is 20.4. The Balaban J connectivity index is 1.53. The lowest BCUT2D eigenvalue weighted by Crippen LogP contribution is -2.11. The number of carbonyl (C=O) groups excluding carboxylic acids is 1. The number of carbonyl (C=O) groups is 1. The van der Waals surface area contributed by atoms with E-state index in [0.29, 0.717) is 16.4 Å². The van der Waals surface area contributed by atoms with Crippen molar-refractivity contribution < 1.29 is 13.9 Å². The predicted molar refractivity (Wildman–Crippen MR) is 100 cm³/mol. The van der Waals surface area contributed by atoms with E-state index >= 15 is 0 Å². The molecule has 6 heteroatoms. The molecular formula is C20H13FN2O2S. The Hall–Kier alpha value is -3.25. The van der Waals surface area contributed by atoms with Gasteiger partial charge in [-0.2, -0.15) is 0 Å². The van der Waals surface area contributed by atoms with Gasteiger partial charge in [0.25, 0.3) is 5.91 Å². The Morgan fingerprint density at radius 2 is 1.73 bits per heavy atom. The molecule has 26 heavy (non-hydrogen) atoms. The molecule has 3 aromatic carbocycles. The molecule has 0 aliphatic rings. The number of rotatable bonds is 4. The van der Waals surface area contributed by atoms with Gasteiger partial charge >= 0.3 is 0 Å². The van der Waals surface area contributed by atoms with Crippen molar-refractivity contribution in [2.45, 2.75) is 0 Å². The summed E-state index contributed by atoms with van der Waals surface area (Å²) in [7, 11) is 0. The van der Waals surface area contributed by atoms with Gasteiger partial charge in [-0.25, -0.2) is 9.37 Å². The summed E-state index contributed by atoms with van der Waals surface area (Å²) in [6.07, 6.45) is 0. The van der Waals surface area contributed by atoms with Gasteiger partial charge in [0.2, 0.25) is 0 Å². The van der Waals surface area contributed by atoms with E-state index < -0.39 is 0 Å². The van der Waals surface area contributed by atoms with Crippen LogP contribution in [0, 0.1) is 5.82 Å². The molecule has 0 atom stereocenters. The van der Waals surface area contributed by atoms with Crippen LogP contribution in [0.25, 0.3) is 10.2 Å². The maximum Gasteiger partial charge on any atom is 0.257 e. The van der Waals surface area contributed by atoms with Crippen molar-refractivity contribution in [2.75, 3.05) is 5.32 Å². The Kier molecular flexibility index (Phi) is 4.33. The first-order valence-electron chi connectivity index (χ1n) is 7.88. The lowest BCUT2D eigenvalue weighted by molar-refractivity contribution is 0.102. The van der Waals surface area contributed by atoms with E-state index in [2.05, 4.69) is 10.3 Å². The van der Waals surface area contributed by atoms with Crippen LogP contribution in [0.2, 0.25) is 0 Å². The van der Waals surface area contributed by atoms with Gasteiger partial charge in [0, 0.05) is 11.6 Å². The molecule has 0 unspecified atom stereocenters. The molecule has 0 fully saturated rings. The molecule has 0 radical (unpaired) electrons. The third-order valence-electron chi connectivity index (χ3n) is 3.67. The van der Waals surface area contributed by atoms with Crippen molar-refractivity contribution in [3.05, 3.63) is 84.2 Å². The van der Waals surface area contributed by atoms with Crippen LogP contribution in [-0.2, 0) is 0 Å². The highest BCUT2D eigenvalue weighted by molar-refractivity contribution is 7.22. The second-order valence-corrected chi connectivity index (χ2v) is 6.56. The van der Waals surface area contributed by atoms with E-state index in [9.17, 15) is 9.18 Å². The highest BCUT2D eigenvalue weighted by Crippen LogP contribution is 2.31. The number of benzene rings is 3. The number of thiazole rings is 1. The largest absolute Gasteiger partial charge is 0.457 e. The van der Waals surface area contributed by atoms with Gasteiger partial charge in [-0.3, -0.25) is 10.1 Å². The Morgan fingerprint density at radius 1 is 0.962 bits per heavy atom. The zero-order valence-electron chi connectivity index (χ0n) is 13.5. The van der Waals surface area contributed by atoms with Crippen LogP contribution >= 0.6 is 11.3 Å². The molecule has 0 saturated heterocycles. The number of amides is 1. The highest BCUT2D eigenvalue weighted by atomic mass is 32.1. The second kappa shape index (κ2) is 6.93. The van der Waals surface area contributed by atoms with Gasteiger partial charge in [0.1, 0.15) is 17.3 Å². The number of hydrogen-bond acceptors (Lipinski definition) is 4. The first kappa shape index (κ1) is 16.2. The fraction of sp³-hybridized carbons (Fsp3) is 0. The molecule has 0 aliphatic heterocycles. The van der Waals surface area contributed by atoms with Crippen molar-refractivity contribution in [1.29, 1.82) is 0 Å². The number of fused-ring (bicyclic) bond motifs is 1. The van der Waals surface area contributed by atoms with Gasteiger partial charge in [-0.1, -0.05) is 29.5 Å². The number of anilines is 1. The molecule has 4 nitrogen and oxygen atoms in total. The van der Waals surface area contributed by atoms with Crippen molar-refractivity contribution in [3.63, 3.8) is 0 Å². The summed E-state index contributed by atoms with van der Waals surface area (Å²) in [5.74, 6) is 0.738. The number of aromatic nitrogens is 1. The summed E-state index contributed by atoms with van der Waals surface area (Å²) in [5.41, 5.74) is 1.14. The lowest BCUT2D eigenvalue weighted by atomic mass is 10.2. The number of halogens is 1. The number of nitrogens with one attached hydrogen (secondary N) is 1. The fourth-order valence-corrected chi connectivity index (χ4v) is 3.31. The third kappa shape index (κ3) is 3.55. The SMILES string of the molecule is O=C(Nc1nc2ccc(Oc3ccccc3)cc2s1)c1ccc(F)cc1. The molecule has 1 amide bonds. The molecule has 0 spiro atoms. The minimum Gasteiger partial charge on any atom is -0.457 e. The summed E-state index contributed by atoms with van der Waals surface area (Å²) in [5, 5.41) is 3.22. The van der Waals surface area contributed by atoms with E-state index in [1.807, 2.05) is 48.5 Å². The normalized spacial score (nSPS) is 10.7. The maximum atomic E-state index is 13.0. The van der Waals surface area contributed by atoms with Crippen molar-refractivity contribution >= 4 is 32.6 Å². The maximum absolute atomic E-state index is 13.0. The molecule has 1 aromatic heterocycles. The first-order valence-corrected chi connectivity index (χ1v) is 8.69. The summed E-state index contributed by atoms with van der Waals surface area (Å²) in [4.78, 5) is 16.6. The average molecular weight is 364 g/mol. The standard InChI is InChI=1S/C20H13FN2O2S/c21-14-8-6-13(7-9-14)19(24)23-20-22-17-11-10-16(12-18(17)26-20)25-15-4-2-1-3-5-15/h1-12H,(H,22,23,24). The van der Waals surface area contributed by atoms with Crippen LogP contribution in [0.5, 0.6) is 11.5 Å². The zero-order valence-corrected chi connectivity index (χ0v) is 14.3. The molecule has 1 N–H and O–H groups in total. The van der Waals surface area contributed by atoms with Crippen LogP contribution in [0.1, 0.15) is 10.4 Å². The average Bonchev–Trinajstić information content (AvgIpc) is 3.04. The molecule has 0 aliphatic carbocycles. The number of nitrogens with zero attached hydrogens (tertiary/aromatic N) is 1. The smallest absolute Gasteiger partial charge is 0.257 e. The summed E-state index contributed by atoms with van der Waals surface area (Å²) < 4.78 is 19.7. The van der Waals surface area contributed by atoms with E-state index in [0.717, 1.165) is 16.0 Å². The minimum absolute atomic E-state index is 0.329. The van der Waals surface area contributed by atoms with Gasteiger partial charge in [-0.15, -0.1) is 0 Å². The van der Waals surface area contributed by atoms with Crippen LogP contribution < -0.4 is 10.1 Å². The zero-order chi connectivity index (χ0) is 17.9. The molecule has 4 aromatic rings. The monoisotopic (exact) mass is 364 g/mol. The molecule has 0 bridgehead atoms. The quantitative estimate of drug-likeness (QED) is 0.522. The Morgan fingerprint density at radius 3 is 2.50 bits per heavy atom. The van der Waals surface area contributed by atoms with E-state index in [1.54, 1.807) is 0 Å². The van der Waals surface area contributed by atoms with E-state index in [4.69, 9.17) is 4.74 Å². The Bertz CT molecular complexity index is 1060. The molecule has 1 heterocycles. The number of ether oxygens (including phenoxy) is 1. The topological polar surface area (TPSA) is 51.2 Å². The molecule has 128 valence electrons. The fourth-order valence-electron chi connectivity index (χ4n) is 2.42. The van der Waals surface area contributed by atoms with Gasteiger partial charge in [0.05, 0.1) is 10.2 Å². The molecule has 4 rings (SSSR count). The van der Waals surface area contributed by atoms with Crippen molar-refractivity contribution in [3.8, 4) is 11.5 Å². The second-order valence-electron chi connectivity index (χ2n) is 5.52. The van der Waals surface area contributed by atoms with Crippen molar-refractivity contribution in [1.82, 2.24) is 4.98 Å². The van der Waals surface area contributed by atoms with Crippen LogP contribution in [0.15, 0.2) is 72.8 Å². The number of hydrogen-bond donors (Lipinski definition) is 1. The minimum atomic E-state index is -0.382. The number of para-hydroxylation sites is 1. The lowest BCUT2D eigenvalue weighted by Gasteiger charge is -2.04.